The number of carbonyl (C=O) groups excluding carboxylic acids is 2. The van der Waals surface area contributed by atoms with Gasteiger partial charge in [0.05, 0.1) is 29.5 Å². The molecule has 8 nitrogen and oxygen atoms in total. The first-order chi connectivity index (χ1) is 17.6. The monoisotopic (exact) mass is 508 g/mol. The molecule has 1 aliphatic carbocycles. The quantitative estimate of drug-likeness (QED) is 0.216. The molecule has 0 bridgehead atoms. The summed E-state index contributed by atoms with van der Waals surface area (Å²) in [5.41, 5.74) is 1.86. The molecule has 0 atom stereocenters. The molecule has 0 fully saturated rings. The van der Waals surface area contributed by atoms with Gasteiger partial charge in [-0.3, -0.25) is 19.0 Å². The van der Waals surface area contributed by atoms with Crippen molar-refractivity contribution < 1.29 is 14.0 Å². The molecule has 1 aromatic carbocycles. The van der Waals surface area contributed by atoms with Crippen LogP contribution >= 0.6 is 11.8 Å². The molecule has 190 valence electrons. The number of rotatable bonds is 12. The van der Waals surface area contributed by atoms with Crippen molar-refractivity contribution in [3.05, 3.63) is 70.4 Å². The van der Waals surface area contributed by atoms with Crippen molar-refractivity contribution in [3.8, 4) is 0 Å². The van der Waals surface area contributed by atoms with E-state index < -0.39 is 0 Å². The molecule has 2 aromatic heterocycles. The van der Waals surface area contributed by atoms with E-state index in [1.807, 2.05) is 6.07 Å². The number of amides is 2. The lowest BCUT2D eigenvalue weighted by atomic mass is 9.97. The molecular formula is C27H32N4O4S. The summed E-state index contributed by atoms with van der Waals surface area (Å²) in [5.74, 6) is 0.663. The van der Waals surface area contributed by atoms with E-state index >= 15 is 0 Å². The average Bonchev–Trinajstić information content (AvgIpc) is 3.42. The standard InChI is InChI=1S/C27H32N4O4S/c32-24(29-18-21-10-7-17-35-21)13-6-16-31-26(34)22-11-4-5-12-23(22)30-27(31)36-19-25(33)28-15-14-20-8-2-1-3-9-20/h4-5,7-8,10-12,17H,1-3,6,9,13-16,18-19H2,(H,28,33)(H,29,32). The zero-order valence-corrected chi connectivity index (χ0v) is 21.1. The molecule has 0 spiro atoms. The van der Waals surface area contributed by atoms with E-state index in [9.17, 15) is 14.4 Å². The second kappa shape index (κ2) is 13.1. The molecule has 4 rings (SSSR count). The minimum atomic E-state index is -0.163. The van der Waals surface area contributed by atoms with Crippen molar-refractivity contribution in [1.29, 1.82) is 0 Å². The second-order valence-electron chi connectivity index (χ2n) is 8.82. The van der Waals surface area contributed by atoms with Crippen LogP contribution < -0.4 is 16.2 Å². The number of aromatic nitrogens is 2. The molecule has 9 heteroatoms. The van der Waals surface area contributed by atoms with Crippen LogP contribution in [0.5, 0.6) is 0 Å². The lowest BCUT2D eigenvalue weighted by Gasteiger charge is -2.14. The van der Waals surface area contributed by atoms with Crippen molar-refractivity contribution in [2.45, 2.75) is 63.2 Å². The summed E-state index contributed by atoms with van der Waals surface area (Å²) in [6.07, 6.45) is 10.2. The number of furan rings is 1. The Morgan fingerprint density at radius 2 is 1.97 bits per heavy atom. The molecule has 0 radical (unpaired) electrons. The lowest BCUT2D eigenvalue weighted by Crippen LogP contribution is -2.28. The Labute approximate surface area is 214 Å². The highest BCUT2D eigenvalue weighted by molar-refractivity contribution is 7.99. The third-order valence-corrected chi connectivity index (χ3v) is 7.11. The normalized spacial score (nSPS) is 13.4. The predicted molar refractivity (Wildman–Crippen MR) is 141 cm³/mol. The van der Waals surface area contributed by atoms with Crippen molar-refractivity contribution >= 4 is 34.5 Å². The van der Waals surface area contributed by atoms with Gasteiger partial charge in [-0.05, 0) is 62.8 Å². The van der Waals surface area contributed by atoms with E-state index in [2.05, 4.69) is 21.7 Å². The van der Waals surface area contributed by atoms with Gasteiger partial charge in [-0.1, -0.05) is 35.5 Å². The van der Waals surface area contributed by atoms with Crippen LogP contribution in [0.4, 0.5) is 0 Å². The van der Waals surface area contributed by atoms with Crippen LogP contribution in [0, 0.1) is 0 Å². The Morgan fingerprint density at radius 1 is 1.08 bits per heavy atom. The van der Waals surface area contributed by atoms with Crippen molar-refractivity contribution in [2.75, 3.05) is 12.3 Å². The summed E-state index contributed by atoms with van der Waals surface area (Å²) in [6, 6.07) is 10.8. The van der Waals surface area contributed by atoms with Crippen molar-refractivity contribution in [3.63, 3.8) is 0 Å². The molecule has 1 aliphatic rings. The Balaban J connectivity index is 1.34. The SMILES string of the molecule is O=C(CCCn1c(SCC(=O)NCCC2=CCCCC2)nc2ccccc2c1=O)NCc1ccco1. The van der Waals surface area contributed by atoms with Crippen LogP contribution in [-0.2, 0) is 22.7 Å². The van der Waals surface area contributed by atoms with Crippen LogP contribution in [0.1, 0.15) is 50.7 Å². The number of hydrogen-bond donors (Lipinski definition) is 2. The molecule has 2 heterocycles. The minimum absolute atomic E-state index is 0.0809. The maximum atomic E-state index is 13.2. The van der Waals surface area contributed by atoms with Gasteiger partial charge in [0.1, 0.15) is 5.76 Å². The third kappa shape index (κ3) is 7.34. The van der Waals surface area contributed by atoms with Gasteiger partial charge in [0.15, 0.2) is 5.16 Å². The fourth-order valence-electron chi connectivity index (χ4n) is 4.22. The van der Waals surface area contributed by atoms with Crippen LogP contribution in [0.2, 0.25) is 0 Å². The number of nitrogens with zero attached hydrogens (tertiary/aromatic N) is 2. The van der Waals surface area contributed by atoms with Crippen molar-refractivity contribution in [1.82, 2.24) is 20.2 Å². The summed E-state index contributed by atoms with van der Waals surface area (Å²) in [4.78, 5) is 42.5. The van der Waals surface area contributed by atoms with Gasteiger partial charge in [0.2, 0.25) is 11.8 Å². The minimum Gasteiger partial charge on any atom is -0.467 e. The van der Waals surface area contributed by atoms with Gasteiger partial charge >= 0.3 is 0 Å². The largest absolute Gasteiger partial charge is 0.467 e. The number of carbonyl (C=O) groups is 2. The van der Waals surface area contributed by atoms with Gasteiger partial charge in [0, 0.05) is 19.5 Å². The first-order valence-electron chi connectivity index (χ1n) is 12.5. The topological polar surface area (TPSA) is 106 Å². The van der Waals surface area contributed by atoms with E-state index in [0.29, 0.717) is 47.9 Å². The van der Waals surface area contributed by atoms with Crippen molar-refractivity contribution in [2.24, 2.45) is 0 Å². The van der Waals surface area contributed by atoms with Gasteiger partial charge in [-0.2, -0.15) is 0 Å². The number of hydrogen-bond acceptors (Lipinski definition) is 6. The van der Waals surface area contributed by atoms with E-state index in [0.717, 1.165) is 19.3 Å². The lowest BCUT2D eigenvalue weighted by molar-refractivity contribution is -0.121. The van der Waals surface area contributed by atoms with Gasteiger partial charge in [-0.15, -0.1) is 0 Å². The Morgan fingerprint density at radius 3 is 2.78 bits per heavy atom. The molecule has 0 aliphatic heterocycles. The molecule has 2 amide bonds. The zero-order chi connectivity index (χ0) is 25.2. The molecule has 36 heavy (non-hydrogen) atoms. The predicted octanol–water partition coefficient (Wildman–Crippen LogP) is 4.18. The first-order valence-corrected chi connectivity index (χ1v) is 13.4. The van der Waals surface area contributed by atoms with Gasteiger partial charge < -0.3 is 15.1 Å². The molecule has 2 N–H and O–H groups in total. The van der Waals surface area contributed by atoms with Crippen LogP contribution in [0.25, 0.3) is 10.9 Å². The van der Waals surface area contributed by atoms with Crippen LogP contribution in [0.15, 0.2) is 68.7 Å². The maximum Gasteiger partial charge on any atom is 0.262 e. The fourth-order valence-corrected chi connectivity index (χ4v) is 5.07. The summed E-state index contributed by atoms with van der Waals surface area (Å²) in [6.45, 7) is 1.29. The van der Waals surface area contributed by atoms with E-state index in [1.54, 1.807) is 41.2 Å². The summed E-state index contributed by atoms with van der Waals surface area (Å²) in [5, 5.41) is 6.80. The zero-order valence-electron chi connectivity index (χ0n) is 20.3. The smallest absolute Gasteiger partial charge is 0.262 e. The summed E-state index contributed by atoms with van der Waals surface area (Å²) < 4.78 is 6.80. The average molecular weight is 509 g/mol. The highest BCUT2D eigenvalue weighted by atomic mass is 32.2. The number of para-hydroxylation sites is 1. The Bertz CT molecular complexity index is 1270. The van der Waals surface area contributed by atoms with E-state index in [4.69, 9.17) is 4.42 Å². The highest BCUT2D eigenvalue weighted by Gasteiger charge is 2.14. The van der Waals surface area contributed by atoms with Crippen LogP contribution in [0.3, 0.4) is 0 Å². The molecule has 0 unspecified atom stereocenters. The fraction of sp³-hybridized carbons (Fsp3) is 0.407. The Hall–Kier alpha value is -3.33. The second-order valence-corrected chi connectivity index (χ2v) is 9.77. The number of fused-ring (bicyclic) bond motifs is 1. The third-order valence-electron chi connectivity index (χ3n) is 6.14. The van der Waals surface area contributed by atoms with Gasteiger partial charge in [-0.25, -0.2) is 4.98 Å². The number of thioether (sulfide) groups is 1. The van der Waals surface area contributed by atoms with E-state index in [1.165, 1.54) is 30.2 Å². The first kappa shape index (κ1) is 25.8. The van der Waals surface area contributed by atoms with Gasteiger partial charge in [0.25, 0.3) is 5.56 Å². The van der Waals surface area contributed by atoms with Crippen LogP contribution in [-0.4, -0.2) is 33.7 Å². The summed E-state index contributed by atoms with van der Waals surface area (Å²) in [7, 11) is 0. The molecular weight excluding hydrogens is 476 g/mol. The summed E-state index contributed by atoms with van der Waals surface area (Å²) >= 11 is 1.25. The molecule has 0 saturated carbocycles. The maximum absolute atomic E-state index is 13.2. The number of benzene rings is 1. The number of allylic oxidation sites excluding steroid dienone is 1. The highest BCUT2D eigenvalue weighted by Crippen LogP contribution is 2.20. The Kier molecular flexibility index (Phi) is 9.38. The van der Waals surface area contributed by atoms with E-state index in [-0.39, 0.29) is 29.5 Å². The molecule has 0 saturated heterocycles. The molecule has 3 aromatic rings. The number of nitrogens with one attached hydrogen (secondary N) is 2.